The van der Waals surface area contributed by atoms with Crippen LogP contribution in [0.5, 0.6) is 0 Å². The molecule has 0 bridgehead atoms. The van der Waals surface area contributed by atoms with Crippen molar-refractivity contribution in [3.8, 4) is 0 Å². The lowest BCUT2D eigenvalue weighted by Crippen LogP contribution is -2.30. The Bertz CT molecular complexity index is 1020. The van der Waals surface area contributed by atoms with Crippen molar-refractivity contribution in [1.29, 1.82) is 0 Å². The SMILES string of the molecule is CCCCCCCC/C=C\CCCCCCCC(=O)OC[C@H](COC(=O)CCCCCCCCCCCCCCCCCCC)OC(=O)CCCCCCCCCCCCCCCCCC. The van der Waals surface area contributed by atoms with Crippen molar-refractivity contribution in [2.24, 2.45) is 0 Å². The van der Waals surface area contributed by atoms with E-state index in [0.717, 1.165) is 64.2 Å². The molecule has 0 aromatic carbocycles. The fourth-order valence-electron chi connectivity index (χ4n) is 9.03. The highest BCUT2D eigenvalue weighted by Gasteiger charge is 2.19. The van der Waals surface area contributed by atoms with Crippen molar-refractivity contribution in [3.05, 3.63) is 12.2 Å². The van der Waals surface area contributed by atoms with Crippen molar-refractivity contribution < 1.29 is 28.6 Å². The van der Waals surface area contributed by atoms with Crippen molar-refractivity contribution >= 4 is 17.9 Å². The minimum absolute atomic E-state index is 0.0663. The molecule has 0 aliphatic carbocycles. The largest absolute Gasteiger partial charge is 0.462 e. The van der Waals surface area contributed by atoms with Crippen molar-refractivity contribution in [2.45, 2.75) is 341 Å². The highest BCUT2D eigenvalue weighted by Crippen LogP contribution is 2.17. The second-order valence-corrected chi connectivity index (χ2v) is 20.3. The molecule has 0 aromatic heterocycles. The van der Waals surface area contributed by atoms with Gasteiger partial charge in [0.1, 0.15) is 13.2 Å². The maximum absolute atomic E-state index is 12.9. The number of hydrogen-bond donors (Lipinski definition) is 0. The van der Waals surface area contributed by atoms with E-state index in [1.165, 1.54) is 231 Å². The van der Waals surface area contributed by atoms with E-state index >= 15 is 0 Å². The number of hydrogen-bond acceptors (Lipinski definition) is 6. The zero-order valence-corrected chi connectivity index (χ0v) is 44.7. The molecule has 0 aromatic rings. The van der Waals surface area contributed by atoms with Gasteiger partial charge in [0.05, 0.1) is 0 Å². The fraction of sp³-hybridized carbons (Fsp3) is 0.917. The highest BCUT2D eigenvalue weighted by atomic mass is 16.6. The monoisotopic (exact) mass is 931 g/mol. The van der Waals surface area contributed by atoms with Gasteiger partial charge in [0.25, 0.3) is 0 Å². The van der Waals surface area contributed by atoms with Crippen molar-refractivity contribution in [1.82, 2.24) is 0 Å². The van der Waals surface area contributed by atoms with Crippen LogP contribution in [0.25, 0.3) is 0 Å². The third kappa shape index (κ3) is 53.1. The molecule has 0 aliphatic heterocycles. The molecule has 1 atom stereocenters. The quantitative estimate of drug-likeness (QED) is 0.0262. The van der Waals surface area contributed by atoms with Gasteiger partial charge in [-0.05, 0) is 44.9 Å². The molecule has 0 N–H and O–H groups in total. The lowest BCUT2D eigenvalue weighted by Gasteiger charge is -2.18. The summed E-state index contributed by atoms with van der Waals surface area (Å²) in [6, 6.07) is 0. The second-order valence-electron chi connectivity index (χ2n) is 20.3. The maximum atomic E-state index is 12.9. The molecule has 6 heteroatoms. The average molecular weight is 932 g/mol. The lowest BCUT2D eigenvalue weighted by atomic mass is 10.0. The van der Waals surface area contributed by atoms with E-state index in [9.17, 15) is 14.4 Å². The molecule has 0 aliphatic rings. The van der Waals surface area contributed by atoms with Crippen LogP contribution < -0.4 is 0 Å². The molecule has 0 spiro atoms. The predicted molar refractivity (Wildman–Crippen MR) is 284 cm³/mol. The first-order chi connectivity index (χ1) is 32.5. The second kappa shape index (κ2) is 55.7. The summed E-state index contributed by atoms with van der Waals surface area (Å²) < 4.78 is 16.9. The predicted octanol–water partition coefficient (Wildman–Crippen LogP) is 19.7. The average Bonchev–Trinajstić information content (AvgIpc) is 3.31. The number of rotatable bonds is 55. The zero-order chi connectivity index (χ0) is 47.9. The smallest absolute Gasteiger partial charge is 0.306 e. The Hall–Kier alpha value is -1.85. The van der Waals surface area contributed by atoms with E-state index in [1.54, 1.807) is 0 Å². The Morgan fingerprint density at radius 1 is 0.288 bits per heavy atom. The Morgan fingerprint density at radius 3 is 0.758 bits per heavy atom. The molecular weight excluding hydrogens is 817 g/mol. The first-order valence-corrected chi connectivity index (χ1v) is 29.7. The first kappa shape index (κ1) is 64.2. The number of allylic oxidation sites excluding steroid dienone is 2. The van der Waals surface area contributed by atoms with Gasteiger partial charge in [-0.2, -0.15) is 0 Å². The van der Waals surface area contributed by atoms with Gasteiger partial charge in [0, 0.05) is 19.3 Å². The molecule has 0 unspecified atom stereocenters. The summed E-state index contributed by atoms with van der Waals surface area (Å²) in [5.41, 5.74) is 0. The molecule has 0 fully saturated rings. The lowest BCUT2D eigenvalue weighted by molar-refractivity contribution is -0.167. The number of carbonyl (C=O) groups excluding carboxylic acids is 3. The Labute approximate surface area is 411 Å². The standard InChI is InChI=1S/C60H114O6/c1-4-7-10-13-16-19-22-25-28-30-33-35-38-41-44-47-50-53-59(62)65-56-57(55-64-58(61)52-49-46-43-40-37-34-31-27-24-21-18-15-12-9-6-3)66-60(63)54-51-48-45-42-39-36-32-29-26-23-20-17-14-11-8-5-2/h27,31,57H,4-26,28-30,32-56H2,1-3H3/b31-27-/t57-/m1/s1. The van der Waals surface area contributed by atoms with Crippen LogP contribution in [0, 0.1) is 0 Å². The van der Waals surface area contributed by atoms with Gasteiger partial charge in [-0.1, -0.05) is 283 Å². The van der Waals surface area contributed by atoms with Crippen molar-refractivity contribution in [3.63, 3.8) is 0 Å². The number of carbonyl (C=O) groups is 3. The summed E-state index contributed by atoms with van der Waals surface area (Å²) in [5.74, 6) is -0.848. The molecule has 0 amide bonds. The van der Waals surface area contributed by atoms with Crippen LogP contribution in [-0.4, -0.2) is 37.2 Å². The van der Waals surface area contributed by atoms with Crippen LogP contribution in [0.4, 0.5) is 0 Å². The zero-order valence-electron chi connectivity index (χ0n) is 44.7. The molecule has 0 heterocycles. The molecule has 0 radical (unpaired) electrons. The Morgan fingerprint density at radius 2 is 0.500 bits per heavy atom. The Kier molecular flexibility index (Phi) is 54.2. The van der Waals surface area contributed by atoms with Gasteiger partial charge in [0.2, 0.25) is 0 Å². The van der Waals surface area contributed by atoms with E-state index in [0.29, 0.717) is 19.3 Å². The minimum Gasteiger partial charge on any atom is -0.462 e. The fourth-order valence-corrected chi connectivity index (χ4v) is 9.03. The summed E-state index contributed by atoms with van der Waals surface area (Å²) in [7, 11) is 0. The van der Waals surface area contributed by atoms with Crippen molar-refractivity contribution in [2.75, 3.05) is 13.2 Å². The normalized spacial score (nSPS) is 12.0. The topological polar surface area (TPSA) is 78.9 Å². The molecule has 66 heavy (non-hydrogen) atoms. The molecule has 6 nitrogen and oxygen atoms in total. The van der Waals surface area contributed by atoms with E-state index in [2.05, 4.69) is 32.9 Å². The van der Waals surface area contributed by atoms with Crippen LogP contribution in [0.2, 0.25) is 0 Å². The van der Waals surface area contributed by atoms with Crippen LogP contribution in [0.15, 0.2) is 12.2 Å². The minimum atomic E-state index is -0.767. The van der Waals surface area contributed by atoms with Crippen LogP contribution in [0.3, 0.4) is 0 Å². The summed E-state index contributed by atoms with van der Waals surface area (Å²) >= 11 is 0. The first-order valence-electron chi connectivity index (χ1n) is 29.7. The molecule has 0 saturated carbocycles. The summed E-state index contributed by atoms with van der Waals surface area (Å²) in [6.45, 7) is 6.69. The van der Waals surface area contributed by atoms with E-state index in [1.807, 2.05) is 0 Å². The van der Waals surface area contributed by atoms with E-state index in [-0.39, 0.29) is 31.1 Å². The van der Waals surface area contributed by atoms with Gasteiger partial charge in [-0.3, -0.25) is 14.4 Å². The third-order valence-corrected chi connectivity index (χ3v) is 13.5. The van der Waals surface area contributed by atoms with Crippen LogP contribution in [0.1, 0.15) is 335 Å². The Balaban J connectivity index is 4.32. The molecule has 0 rings (SSSR count). The van der Waals surface area contributed by atoms with E-state index < -0.39 is 6.10 Å². The molecular formula is C60H114O6. The van der Waals surface area contributed by atoms with Gasteiger partial charge in [-0.25, -0.2) is 0 Å². The summed E-state index contributed by atoms with van der Waals surface area (Å²) in [5, 5.41) is 0. The third-order valence-electron chi connectivity index (χ3n) is 13.5. The van der Waals surface area contributed by atoms with Crippen LogP contribution in [-0.2, 0) is 28.6 Å². The highest BCUT2D eigenvalue weighted by molar-refractivity contribution is 5.71. The molecule has 390 valence electrons. The molecule has 0 saturated heterocycles. The number of ether oxygens (including phenoxy) is 3. The summed E-state index contributed by atoms with van der Waals surface area (Å²) in [4.78, 5) is 38.2. The number of unbranched alkanes of at least 4 members (excludes halogenated alkanes) is 42. The van der Waals surface area contributed by atoms with E-state index in [4.69, 9.17) is 14.2 Å². The van der Waals surface area contributed by atoms with Gasteiger partial charge in [-0.15, -0.1) is 0 Å². The summed E-state index contributed by atoms with van der Waals surface area (Å²) in [6.07, 6.45) is 63.4. The van der Waals surface area contributed by atoms with Gasteiger partial charge < -0.3 is 14.2 Å². The van der Waals surface area contributed by atoms with Gasteiger partial charge >= 0.3 is 17.9 Å². The van der Waals surface area contributed by atoms with Crippen LogP contribution >= 0.6 is 0 Å². The van der Waals surface area contributed by atoms with Gasteiger partial charge in [0.15, 0.2) is 6.10 Å². The number of esters is 3. The maximum Gasteiger partial charge on any atom is 0.306 e.